The highest BCUT2D eigenvalue weighted by molar-refractivity contribution is 7.80. The van der Waals surface area contributed by atoms with E-state index < -0.39 is 0 Å². The number of aromatic nitrogens is 2. The zero-order chi connectivity index (χ0) is 22.0. The quantitative estimate of drug-likeness (QED) is 0.495. The molecule has 0 bridgehead atoms. The number of rotatable bonds is 6. The molecule has 31 heavy (non-hydrogen) atoms. The lowest BCUT2D eigenvalue weighted by molar-refractivity contribution is 0.396. The number of thiocarbonyl (C=S) groups is 1. The lowest BCUT2D eigenvalue weighted by atomic mass is 9.95. The second-order valence-electron chi connectivity index (χ2n) is 7.24. The Morgan fingerprint density at radius 2 is 1.87 bits per heavy atom. The Kier molecular flexibility index (Phi) is 6.25. The molecule has 1 atom stereocenters. The zero-order valence-electron chi connectivity index (χ0n) is 17.6. The number of benzene rings is 2. The standard InChI is InChI=1S/C23H23ClN4O2S/c1-4-13-28-14(2)19(20(25-23(28)31)15-5-9-17(24)10-6-15)22-26-21(27-30-22)16-7-11-18(29-3)12-8-16/h5-12,20H,4,13H2,1-3H3,(H,25,31). The van der Waals surface area contributed by atoms with Gasteiger partial charge in [-0.1, -0.05) is 35.8 Å². The summed E-state index contributed by atoms with van der Waals surface area (Å²) in [5.74, 6) is 1.75. The molecule has 2 heterocycles. The normalized spacial score (nSPS) is 16.5. The van der Waals surface area contributed by atoms with Crippen molar-refractivity contribution in [1.82, 2.24) is 20.4 Å². The largest absolute Gasteiger partial charge is 0.497 e. The lowest BCUT2D eigenvalue weighted by Gasteiger charge is -2.37. The maximum absolute atomic E-state index is 6.10. The van der Waals surface area contributed by atoms with Crippen LogP contribution < -0.4 is 10.1 Å². The van der Waals surface area contributed by atoms with Gasteiger partial charge in [0, 0.05) is 22.8 Å². The summed E-state index contributed by atoms with van der Waals surface area (Å²) in [6, 6.07) is 15.0. The molecule has 6 nitrogen and oxygen atoms in total. The second-order valence-corrected chi connectivity index (χ2v) is 8.06. The Labute approximate surface area is 191 Å². The average Bonchev–Trinajstić information content (AvgIpc) is 3.26. The molecular weight excluding hydrogens is 432 g/mol. The molecule has 2 aromatic carbocycles. The molecule has 0 saturated heterocycles. The van der Waals surface area contributed by atoms with Crippen molar-refractivity contribution in [2.45, 2.75) is 26.3 Å². The fourth-order valence-corrected chi connectivity index (χ4v) is 4.12. The van der Waals surface area contributed by atoms with Crippen molar-refractivity contribution >= 4 is 34.5 Å². The molecule has 8 heteroatoms. The van der Waals surface area contributed by atoms with Crippen LogP contribution in [0.25, 0.3) is 17.0 Å². The summed E-state index contributed by atoms with van der Waals surface area (Å²) in [5.41, 5.74) is 3.76. The van der Waals surface area contributed by atoms with Gasteiger partial charge in [-0.2, -0.15) is 4.98 Å². The van der Waals surface area contributed by atoms with Gasteiger partial charge in [-0.25, -0.2) is 0 Å². The van der Waals surface area contributed by atoms with E-state index in [4.69, 9.17) is 38.1 Å². The molecule has 0 aliphatic carbocycles. The Balaban J connectivity index is 1.78. The van der Waals surface area contributed by atoms with Crippen LogP contribution in [0.1, 0.15) is 37.8 Å². The fraction of sp³-hybridized carbons (Fsp3) is 0.261. The summed E-state index contributed by atoms with van der Waals surface area (Å²) >= 11 is 11.8. The van der Waals surface area contributed by atoms with Gasteiger partial charge in [-0.3, -0.25) is 0 Å². The van der Waals surface area contributed by atoms with Gasteiger partial charge in [0.1, 0.15) is 5.75 Å². The maximum Gasteiger partial charge on any atom is 0.258 e. The van der Waals surface area contributed by atoms with Crippen LogP contribution >= 0.6 is 23.8 Å². The van der Waals surface area contributed by atoms with E-state index in [9.17, 15) is 0 Å². The summed E-state index contributed by atoms with van der Waals surface area (Å²) in [6.07, 6.45) is 0.957. The first-order valence-corrected chi connectivity index (χ1v) is 10.8. The molecule has 3 aromatic rings. The third-order valence-corrected chi connectivity index (χ3v) is 5.84. The first-order chi connectivity index (χ1) is 15.0. The molecule has 0 amide bonds. The Morgan fingerprint density at radius 1 is 1.16 bits per heavy atom. The number of hydrogen-bond donors (Lipinski definition) is 1. The number of nitrogens with zero attached hydrogens (tertiary/aromatic N) is 3. The summed E-state index contributed by atoms with van der Waals surface area (Å²) in [5, 5.41) is 9.02. The van der Waals surface area contributed by atoms with Crippen LogP contribution in [0, 0.1) is 0 Å². The first-order valence-electron chi connectivity index (χ1n) is 10.0. The fourth-order valence-electron chi connectivity index (χ4n) is 3.65. The molecule has 1 N–H and O–H groups in total. The molecule has 1 unspecified atom stereocenters. The van der Waals surface area contributed by atoms with Crippen LogP contribution in [0.2, 0.25) is 5.02 Å². The SMILES string of the molecule is CCCN1C(=S)NC(c2ccc(Cl)cc2)C(c2nc(-c3ccc(OC)cc3)no2)=C1C. The van der Waals surface area contributed by atoms with Gasteiger partial charge in [0.2, 0.25) is 5.82 Å². The van der Waals surface area contributed by atoms with Crippen molar-refractivity contribution in [1.29, 1.82) is 0 Å². The van der Waals surface area contributed by atoms with Gasteiger partial charge in [0.15, 0.2) is 5.11 Å². The van der Waals surface area contributed by atoms with Gasteiger partial charge in [-0.15, -0.1) is 0 Å². The van der Waals surface area contributed by atoms with E-state index in [0.717, 1.165) is 41.1 Å². The number of allylic oxidation sites excluding steroid dienone is 1. The van der Waals surface area contributed by atoms with E-state index in [-0.39, 0.29) is 6.04 Å². The van der Waals surface area contributed by atoms with Crippen LogP contribution in [0.15, 0.2) is 58.8 Å². The Bertz CT molecular complexity index is 1110. The Morgan fingerprint density at radius 3 is 2.52 bits per heavy atom. The van der Waals surface area contributed by atoms with Crippen LogP contribution in [-0.4, -0.2) is 33.8 Å². The van der Waals surface area contributed by atoms with E-state index in [1.807, 2.05) is 55.5 Å². The summed E-state index contributed by atoms with van der Waals surface area (Å²) in [6.45, 7) is 4.96. The molecule has 160 valence electrons. The van der Waals surface area contributed by atoms with E-state index in [1.54, 1.807) is 7.11 Å². The summed E-state index contributed by atoms with van der Waals surface area (Å²) in [4.78, 5) is 6.79. The monoisotopic (exact) mass is 454 g/mol. The number of ether oxygens (including phenoxy) is 1. The highest BCUT2D eigenvalue weighted by Gasteiger charge is 2.33. The molecule has 0 fully saturated rings. The van der Waals surface area contributed by atoms with Gasteiger partial charge in [0.25, 0.3) is 5.89 Å². The highest BCUT2D eigenvalue weighted by atomic mass is 35.5. The summed E-state index contributed by atoms with van der Waals surface area (Å²) < 4.78 is 11.0. The smallest absolute Gasteiger partial charge is 0.258 e. The van der Waals surface area contributed by atoms with E-state index in [0.29, 0.717) is 21.9 Å². The topological polar surface area (TPSA) is 63.4 Å². The van der Waals surface area contributed by atoms with Crippen molar-refractivity contribution in [3.05, 3.63) is 70.7 Å². The highest BCUT2D eigenvalue weighted by Crippen LogP contribution is 2.37. The average molecular weight is 455 g/mol. The molecule has 1 aromatic heterocycles. The molecule has 0 spiro atoms. The second kappa shape index (κ2) is 9.08. The molecule has 4 rings (SSSR count). The summed E-state index contributed by atoms with van der Waals surface area (Å²) in [7, 11) is 1.64. The van der Waals surface area contributed by atoms with Crippen molar-refractivity contribution in [3.8, 4) is 17.1 Å². The minimum atomic E-state index is -0.220. The molecule has 1 aliphatic rings. The van der Waals surface area contributed by atoms with Gasteiger partial charge < -0.3 is 19.5 Å². The number of nitrogens with one attached hydrogen (secondary N) is 1. The van der Waals surface area contributed by atoms with E-state index in [2.05, 4.69) is 22.3 Å². The molecule has 0 radical (unpaired) electrons. The van der Waals surface area contributed by atoms with E-state index in [1.165, 1.54) is 0 Å². The maximum atomic E-state index is 6.10. The number of halogens is 1. The first kappa shape index (κ1) is 21.3. The number of hydrogen-bond acceptors (Lipinski definition) is 5. The van der Waals surface area contributed by atoms with Crippen LogP contribution in [0.3, 0.4) is 0 Å². The van der Waals surface area contributed by atoms with Gasteiger partial charge >= 0.3 is 0 Å². The lowest BCUT2D eigenvalue weighted by Crippen LogP contribution is -2.46. The molecular formula is C23H23ClN4O2S. The van der Waals surface area contributed by atoms with Crippen molar-refractivity contribution in [2.24, 2.45) is 0 Å². The predicted octanol–water partition coefficient (Wildman–Crippen LogP) is 5.47. The molecule has 1 aliphatic heterocycles. The van der Waals surface area contributed by atoms with Crippen LogP contribution in [0.4, 0.5) is 0 Å². The third kappa shape index (κ3) is 4.29. The minimum absolute atomic E-state index is 0.220. The van der Waals surface area contributed by atoms with Crippen LogP contribution in [0.5, 0.6) is 5.75 Å². The van der Waals surface area contributed by atoms with Gasteiger partial charge in [-0.05, 0) is 67.5 Å². The zero-order valence-corrected chi connectivity index (χ0v) is 19.1. The molecule has 0 saturated carbocycles. The van der Waals surface area contributed by atoms with E-state index >= 15 is 0 Å². The Hall–Kier alpha value is -2.90. The minimum Gasteiger partial charge on any atom is -0.497 e. The number of methoxy groups -OCH3 is 1. The third-order valence-electron chi connectivity index (χ3n) is 5.25. The van der Waals surface area contributed by atoms with Gasteiger partial charge in [0.05, 0.1) is 18.7 Å². The van der Waals surface area contributed by atoms with Crippen molar-refractivity contribution in [2.75, 3.05) is 13.7 Å². The van der Waals surface area contributed by atoms with Crippen molar-refractivity contribution < 1.29 is 9.26 Å². The van der Waals surface area contributed by atoms with Crippen molar-refractivity contribution in [3.63, 3.8) is 0 Å². The predicted molar refractivity (Wildman–Crippen MR) is 126 cm³/mol. The van der Waals surface area contributed by atoms with Crippen LogP contribution in [-0.2, 0) is 0 Å².